The maximum Gasteiger partial charge on any atom is 0.227 e. The highest BCUT2D eigenvalue weighted by atomic mass is 32.1. The molecule has 0 aliphatic rings. The molecule has 0 bridgehead atoms. The van der Waals surface area contributed by atoms with Crippen LogP contribution in [0.25, 0.3) is 16.3 Å². The number of hydrogen-bond donors (Lipinski definition) is 2. The molecule has 3 rings (SSSR count). The highest BCUT2D eigenvalue weighted by molar-refractivity contribution is 7.13. The third-order valence-corrected chi connectivity index (χ3v) is 4.96. The van der Waals surface area contributed by atoms with E-state index in [2.05, 4.69) is 33.3 Å². The van der Waals surface area contributed by atoms with Gasteiger partial charge in [0.2, 0.25) is 5.95 Å². The van der Waals surface area contributed by atoms with Crippen molar-refractivity contribution in [3.63, 3.8) is 0 Å². The van der Waals surface area contributed by atoms with Gasteiger partial charge in [0.15, 0.2) is 0 Å². The molecule has 0 spiro atoms. The Bertz CT molecular complexity index is 917. The third kappa shape index (κ3) is 4.09. The van der Waals surface area contributed by atoms with E-state index < -0.39 is 6.10 Å². The van der Waals surface area contributed by atoms with Gasteiger partial charge in [0.05, 0.1) is 16.7 Å². The van der Waals surface area contributed by atoms with Crippen molar-refractivity contribution in [1.29, 1.82) is 0 Å². The van der Waals surface area contributed by atoms with Crippen LogP contribution in [0.2, 0.25) is 0 Å². The molecule has 5 nitrogen and oxygen atoms in total. The average Bonchev–Trinajstić information content (AvgIpc) is 3.11. The second-order valence-electron chi connectivity index (χ2n) is 6.23. The first-order valence-corrected chi connectivity index (χ1v) is 9.15. The molecule has 0 aliphatic carbocycles. The minimum Gasteiger partial charge on any atom is -0.389 e. The molecule has 0 saturated heterocycles. The first-order chi connectivity index (χ1) is 12.4. The topological polar surface area (TPSA) is 61.3 Å². The lowest BCUT2D eigenvalue weighted by Crippen LogP contribution is -2.07. The van der Waals surface area contributed by atoms with Gasteiger partial charge in [0, 0.05) is 42.6 Å². The molecule has 1 atom stereocenters. The molecule has 134 valence electrons. The van der Waals surface area contributed by atoms with E-state index in [1.54, 1.807) is 24.5 Å². The van der Waals surface area contributed by atoms with Gasteiger partial charge in [0.25, 0.3) is 0 Å². The van der Waals surface area contributed by atoms with Crippen molar-refractivity contribution < 1.29 is 5.11 Å². The predicted octanol–water partition coefficient (Wildman–Crippen LogP) is 4.53. The number of benzene rings is 1. The van der Waals surface area contributed by atoms with Crippen molar-refractivity contribution in [2.45, 2.75) is 13.0 Å². The lowest BCUT2D eigenvalue weighted by molar-refractivity contribution is 0.199. The summed E-state index contributed by atoms with van der Waals surface area (Å²) in [5.41, 5.74) is 4.60. The van der Waals surface area contributed by atoms with Gasteiger partial charge in [-0.15, -0.1) is 11.3 Å². The predicted molar refractivity (Wildman–Crippen MR) is 108 cm³/mol. The minimum atomic E-state index is -0.515. The van der Waals surface area contributed by atoms with E-state index in [1.165, 1.54) is 0 Å². The summed E-state index contributed by atoms with van der Waals surface area (Å²) in [7, 11) is 3.96. The molecule has 3 aromatic rings. The summed E-state index contributed by atoms with van der Waals surface area (Å²) in [4.78, 5) is 12.0. The average molecular weight is 366 g/mol. The van der Waals surface area contributed by atoms with Gasteiger partial charge in [0.1, 0.15) is 0 Å². The van der Waals surface area contributed by atoms with Crippen molar-refractivity contribution >= 4 is 28.7 Å². The lowest BCUT2D eigenvalue weighted by atomic mass is 10.1. The SMILES string of the molecule is C=C(c1csc(-c2ccnc(Nc3cccc(C(C)O)c3)n2)c1)N(C)C. The molecule has 0 aliphatic heterocycles. The summed E-state index contributed by atoms with van der Waals surface area (Å²) >= 11 is 1.63. The van der Waals surface area contributed by atoms with E-state index in [4.69, 9.17) is 0 Å². The van der Waals surface area contributed by atoms with E-state index in [1.807, 2.05) is 49.3 Å². The van der Waals surface area contributed by atoms with Crippen molar-refractivity contribution in [1.82, 2.24) is 14.9 Å². The fraction of sp³-hybridized carbons (Fsp3) is 0.200. The third-order valence-electron chi connectivity index (χ3n) is 4.01. The number of aromatic nitrogens is 2. The van der Waals surface area contributed by atoms with Crippen LogP contribution >= 0.6 is 11.3 Å². The highest BCUT2D eigenvalue weighted by Crippen LogP contribution is 2.30. The van der Waals surface area contributed by atoms with Gasteiger partial charge >= 0.3 is 0 Å². The Kier molecular flexibility index (Phi) is 5.35. The first kappa shape index (κ1) is 18.1. The smallest absolute Gasteiger partial charge is 0.227 e. The molecule has 0 amide bonds. The van der Waals surface area contributed by atoms with Crippen molar-refractivity contribution in [3.8, 4) is 10.6 Å². The maximum atomic E-state index is 9.72. The van der Waals surface area contributed by atoms with Crippen LogP contribution in [0, 0.1) is 0 Å². The van der Waals surface area contributed by atoms with Crippen LogP contribution in [0.4, 0.5) is 11.6 Å². The van der Waals surface area contributed by atoms with Gasteiger partial charge in [-0.3, -0.25) is 0 Å². The number of aliphatic hydroxyl groups excluding tert-OH is 1. The maximum absolute atomic E-state index is 9.72. The Morgan fingerprint density at radius 3 is 2.81 bits per heavy atom. The van der Waals surface area contributed by atoms with Gasteiger partial charge in [-0.25, -0.2) is 9.97 Å². The van der Waals surface area contributed by atoms with E-state index >= 15 is 0 Å². The molecule has 0 fully saturated rings. The molecule has 26 heavy (non-hydrogen) atoms. The van der Waals surface area contributed by atoms with Crippen LogP contribution in [-0.4, -0.2) is 34.1 Å². The van der Waals surface area contributed by atoms with Crippen LogP contribution < -0.4 is 5.32 Å². The zero-order valence-corrected chi connectivity index (χ0v) is 15.9. The summed E-state index contributed by atoms with van der Waals surface area (Å²) in [5.74, 6) is 0.520. The summed E-state index contributed by atoms with van der Waals surface area (Å²) in [6.07, 6.45) is 1.22. The first-order valence-electron chi connectivity index (χ1n) is 8.27. The molecule has 2 heterocycles. The van der Waals surface area contributed by atoms with Gasteiger partial charge in [-0.2, -0.15) is 0 Å². The number of rotatable bonds is 6. The van der Waals surface area contributed by atoms with Crippen LogP contribution in [0.1, 0.15) is 24.2 Å². The van der Waals surface area contributed by atoms with Gasteiger partial charge < -0.3 is 15.3 Å². The number of thiophene rings is 1. The van der Waals surface area contributed by atoms with E-state index in [-0.39, 0.29) is 0 Å². The van der Waals surface area contributed by atoms with E-state index in [0.717, 1.165) is 33.1 Å². The van der Waals surface area contributed by atoms with Crippen LogP contribution in [0.5, 0.6) is 0 Å². The van der Waals surface area contributed by atoms with Crippen molar-refractivity contribution in [2.75, 3.05) is 19.4 Å². The van der Waals surface area contributed by atoms with E-state index in [0.29, 0.717) is 5.95 Å². The second-order valence-corrected chi connectivity index (χ2v) is 7.14. The Hall–Kier alpha value is -2.70. The number of anilines is 2. The zero-order valence-electron chi connectivity index (χ0n) is 15.1. The van der Waals surface area contributed by atoms with Crippen LogP contribution in [0.15, 0.2) is 54.6 Å². The molecule has 6 heteroatoms. The molecular weight excluding hydrogens is 344 g/mol. The molecule has 0 radical (unpaired) electrons. The Balaban J connectivity index is 1.83. The fourth-order valence-electron chi connectivity index (χ4n) is 2.44. The number of aliphatic hydroxyl groups is 1. The molecular formula is C20H22N4OS. The highest BCUT2D eigenvalue weighted by Gasteiger charge is 2.09. The van der Waals surface area contributed by atoms with Crippen molar-refractivity contribution in [2.24, 2.45) is 0 Å². The second kappa shape index (κ2) is 7.68. The lowest BCUT2D eigenvalue weighted by Gasteiger charge is -2.13. The Morgan fingerprint density at radius 1 is 1.27 bits per heavy atom. The molecule has 2 N–H and O–H groups in total. The summed E-state index contributed by atoms with van der Waals surface area (Å²) in [5, 5.41) is 15.0. The summed E-state index contributed by atoms with van der Waals surface area (Å²) in [6.45, 7) is 5.84. The van der Waals surface area contributed by atoms with Crippen LogP contribution in [-0.2, 0) is 0 Å². The Morgan fingerprint density at radius 2 is 2.08 bits per heavy atom. The molecule has 1 aromatic carbocycles. The minimum absolute atomic E-state index is 0.515. The fourth-order valence-corrected chi connectivity index (χ4v) is 3.33. The van der Waals surface area contributed by atoms with Gasteiger partial charge in [-0.1, -0.05) is 18.7 Å². The van der Waals surface area contributed by atoms with Gasteiger partial charge in [-0.05, 0) is 36.8 Å². The van der Waals surface area contributed by atoms with Crippen LogP contribution in [0.3, 0.4) is 0 Å². The number of nitrogens with one attached hydrogen (secondary N) is 1. The molecule has 0 saturated carbocycles. The monoisotopic (exact) mass is 366 g/mol. The quantitative estimate of drug-likeness (QED) is 0.671. The zero-order chi connectivity index (χ0) is 18.7. The molecule has 1 unspecified atom stereocenters. The normalized spacial score (nSPS) is 11.8. The number of nitrogens with zero attached hydrogens (tertiary/aromatic N) is 3. The standard InChI is InChI=1S/C20H22N4OS/c1-13(24(3)4)16-11-19(26-12-16)18-8-9-21-20(23-18)22-17-7-5-6-15(10-17)14(2)25/h5-12,14,25H,1H2,2-4H3,(H,21,22,23). The van der Waals surface area contributed by atoms with Crippen molar-refractivity contribution in [3.05, 3.63) is 65.7 Å². The number of hydrogen-bond acceptors (Lipinski definition) is 6. The summed E-state index contributed by atoms with van der Waals surface area (Å²) < 4.78 is 0. The molecule has 2 aromatic heterocycles. The largest absolute Gasteiger partial charge is 0.389 e. The van der Waals surface area contributed by atoms with E-state index in [9.17, 15) is 5.11 Å². The summed E-state index contributed by atoms with van der Waals surface area (Å²) in [6, 6.07) is 11.6. The Labute approximate surface area is 157 Å².